The summed E-state index contributed by atoms with van der Waals surface area (Å²) >= 11 is 3.46. The van der Waals surface area contributed by atoms with E-state index in [9.17, 15) is 0 Å². The fraction of sp³-hybridized carbons (Fsp3) is 0.833. The number of hydrogen-bond acceptors (Lipinski definition) is 0. The van der Waals surface area contributed by atoms with Crippen LogP contribution in [0.5, 0.6) is 0 Å². The molecule has 0 aromatic carbocycles. The maximum Gasteiger partial charge on any atom is 0.00659 e. The number of rotatable bonds is 4. The van der Waals surface area contributed by atoms with Gasteiger partial charge >= 0.3 is 0 Å². The lowest BCUT2D eigenvalue weighted by Gasteiger charge is -2.28. The third-order valence-corrected chi connectivity index (χ3v) is 3.61. The largest absolute Gasteiger partial charge is 0.0925 e. The fourth-order valence-electron chi connectivity index (χ4n) is 2.33. The third-order valence-electron chi connectivity index (χ3n) is 3.15. The minimum absolute atomic E-state index is 0.887. The van der Waals surface area contributed by atoms with Crippen LogP contribution in [0.15, 0.2) is 12.2 Å². The zero-order valence-corrected chi connectivity index (χ0v) is 10.2. The summed E-state index contributed by atoms with van der Waals surface area (Å²) in [5.41, 5.74) is 0. The van der Waals surface area contributed by atoms with Crippen LogP contribution in [0, 0.1) is 11.8 Å². The van der Waals surface area contributed by atoms with Crippen molar-refractivity contribution in [3.8, 4) is 0 Å². The molecule has 1 fully saturated rings. The van der Waals surface area contributed by atoms with Crippen LogP contribution in [0.25, 0.3) is 0 Å². The molecule has 0 heterocycles. The van der Waals surface area contributed by atoms with E-state index in [0.29, 0.717) is 0 Å². The summed E-state index contributed by atoms with van der Waals surface area (Å²) in [5.74, 6) is 1.86. The van der Waals surface area contributed by atoms with Gasteiger partial charge in [-0.2, -0.15) is 0 Å². The third kappa shape index (κ3) is 3.84. The molecule has 0 spiro atoms. The standard InChI is InChI=1S/C12H21Br/c1-2-11-7-3-4-8-12(11)9-5-6-10-13/h5,9,11-12H,2-4,6-8,10H2,1H3/b9-5+. The second-order valence-electron chi connectivity index (χ2n) is 4.02. The maximum atomic E-state index is 3.46. The second-order valence-corrected chi connectivity index (χ2v) is 4.82. The van der Waals surface area contributed by atoms with E-state index in [1.807, 2.05) is 0 Å². The highest BCUT2D eigenvalue weighted by Crippen LogP contribution is 2.33. The van der Waals surface area contributed by atoms with Gasteiger partial charge in [-0.15, -0.1) is 0 Å². The summed E-state index contributed by atoms with van der Waals surface area (Å²) in [5, 5.41) is 1.10. The molecule has 0 bridgehead atoms. The highest BCUT2D eigenvalue weighted by molar-refractivity contribution is 9.09. The zero-order valence-electron chi connectivity index (χ0n) is 8.64. The highest BCUT2D eigenvalue weighted by Gasteiger charge is 2.20. The van der Waals surface area contributed by atoms with Crippen LogP contribution >= 0.6 is 15.9 Å². The molecule has 0 N–H and O–H groups in total. The molecule has 1 aliphatic rings. The first-order chi connectivity index (χ1) is 6.38. The van der Waals surface area contributed by atoms with Gasteiger partial charge in [-0.25, -0.2) is 0 Å². The monoisotopic (exact) mass is 244 g/mol. The van der Waals surface area contributed by atoms with E-state index in [-0.39, 0.29) is 0 Å². The average molecular weight is 245 g/mol. The Labute approximate surface area is 90.9 Å². The second kappa shape index (κ2) is 6.64. The van der Waals surface area contributed by atoms with Gasteiger partial charge in [0.05, 0.1) is 0 Å². The molecular formula is C12H21Br. The van der Waals surface area contributed by atoms with Crippen molar-refractivity contribution >= 4 is 15.9 Å². The van der Waals surface area contributed by atoms with Crippen LogP contribution in [-0.2, 0) is 0 Å². The molecule has 0 aliphatic heterocycles. The molecule has 13 heavy (non-hydrogen) atoms. The molecule has 2 unspecified atom stereocenters. The Morgan fingerprint density at radius 2 is 2.08 bits per heavy atom. The lowest BCUT2D eigenvalue weighted by atomic mass is 9.78. The van der Waals surface area contributed by atoms with Crippen LogP contribution in [0.2, 0.25) is 0 Å². The number of hydrogen-bond donors (Lipinski definition) is 0. The molecule has 76 valence electrons. The van der Waals surface area contributed by atoms with Gasteiger partial charge in [-0.1, -0.05) is 54.3 Å². The van der Waals surface area contributed by atoms with E-state index < -0.39 is 0 Å². The first-order valence-corrected chi connectivity index (χ1v) is 6.73. The molecule has 1 heteroatoms. The predicted octanol–water partition coefficient (Wildman–Crippen LogP) is 4.54. The summed E-state index contributed by atoms with van der Waals surface area (Å²) in [4.78, 5) is 0. The Bertz CT molecular complexity index is 151. The minimum atomic E-state index is 0.887. The van der Waals surface area contributed by atoms with Crippen LogP contribution in [0.1, 0.15) is 45.4 Å². The van der Waals surface area contributed by atoms with Gasteiger partial charge in [0, 0.05) is 5.33 Å². The number of allylic oxidation sites excluding steroid dienone is 2. The van der Waals surface area contributed by atoms with E-state index in [0.717, 1.165) is 17.2 Å². The molecule has 0 saturated heterocycles. The summed E-state index contributed by atoms with van der Waals surface area (Å²) in [6.07, 6.45) is 13.2. The maximum absolute atomic E-state index is 3.46. The lowest BCUT2D eigenvalue weighted by Crippen LogP contribution is -2.16. The molecule has 0 aromatic rings. The normalized spacial score (nSPS) is 29.7. The van der Waals surface area contributed by atoms with Gasteiger partial charge in [0.1, 0.15) is 0 Å². The Morgan fingerprint density at radius 1 is 1.31 bits per heavy atom. The highest BCUT2D eigenvalue weighted by atomic mass is 79.9. The molecule has 1 saturated carbocycles. The Hall–Kier alpha value is 0.220. The van der Waals surface area contributed by atoms with Crippen molar-refractivity contribution in [2.45, 2.75) is 45.4 Å². The Balaban J connectivity index is 2.35. The lowest BCUT2D eigenvalue weighted by molar-refractivity contribution is 0.276. The number of alkyl halides is 1. The molecule has 0 nitrogen and oxygen atoms in total. The van der Waals surface area contributed by atoms with E-state index in [4.69, 9.17) is 0 Å². The Morgan fingerprint density at radius 3 is 2.77 bits per heavy atom. The quantitative estimate of drug-likeness (QED) is 0.503. The van der Waals surface area contributed by atoms with Crippen molar-refractivity contribution < 1.29 is 0 Å². The van der Waals surface area contributed by atoms with Gasteiger partial charge in [-0.05, 0) is 31.1 Å². The molecule has 2 atom stereocenters. The molecule has 1 rings (SSSR count). The van der Waals surface area contributed by atoms with E-state index in [1.165, 1.54) is 38.5 Å². The fourth-order valence-corrected chi connectivity index (χ4v) is 2.59. The molecule has 0 radical (unpaired) electrons. The summed E-state index contributed by atoms with van der Waals surface area (Å²) < 4.78 is 0. The van der Waals surface area contributed by atoms with Crippen molar-refractivity contribution in [3.05, 3.63) is 12.2 Å². The SMILES string of the molecule is CCC1CCCCC1/C=C/CCBr. The van der Waals surface area contributed by atoms with Gasteiger partial charge < -0.3 is 0 Å². The van der Waals surface area contributed by atoms with Crippen molar-refractivity contribution in [1.82, 2.24) is 0 Å². The van der Waals surface area contributed by atoms with E-state index in [2.05, 4.69) is 35.0 Å². The first-order valence-electron chi connectivity index (χ1n) is 5.61. The zero-order chi connectivity index (χ0) is 9.52. The Kier molecular flexibility index (Phi) is 5.77. The predicted molar refractivity (Wildman–Crippen MR) is 63.3 cm³/mol. The van der Waals surface area contributed by atoms with Gasteiger partial charge in [0.2, 0.25) is 0 Å². The van der Waals surface area contributed by atoms with E-state index in [1.54, 1.807) is 0 Å². The van der Waals surface area contributed by atoms with Gasteiger partial charge in [-0.3, -0.25) is 0 Å². The van der Waals surface area contributed by atoms with Gasteiger partial charge in [0.15, 0.2) is 0 Å². The van der Waals surface area contributed by atoms with Crippen LogP contribution in [0.4, 0.5) is 0 Å². The van der Waals surface area contributed by atoms with Crippen molar-refractivity contribution in [2.75, 3.05) is 5.33 Å². The topological polar surface area (TPSA) is 0 Å². The first kappa shape index (κ1) is 11.3. The average Bonchev–Trinajstić information content (AvgIpc) is 2.19. The summed E-state index contributed by atoms with van der Waals surface area (Å²) in [7, 11) is 0. The van der Waals surface area contributed by atoms with Crippen molar-refractivity contribution in [2.24, 2.45) is 11.8 Å². The van der Waals surface area contributed by atoms with Gasteiger partial charge in [0.25, 0.3) is 0 Å². The van der Waals surface area contributed by atoms with Crippen molar-refractivity contribution in [1.29, 1.82) is 0 Å². The molecular weight excluding hydrogens is 224 g/mol. The van der Waals surface area contributed by atoms with Crippen LogP contribution < -0.4 is 0 Å². The van der Waals surface area contributed by atoms with Crippen LogP contribution in [-0.4, -0.2) is 5.33 Å². The summed E-state index contributed by atoms with van der Waals surface area (Å²) in [6, 6.07) is 0. The number of halogens is 1. The van der Waals surface area contributed by atoms with Crippen molar-refractivity contribution in [3.63, 3.8) is 0 Å². The smallest absolute Gasteiger partial charge is 0.00659 e. The summed E-state index contributed by atoms with van der Waals surface area (Å²) in [6.45, 7) is 2.33. The minimum Gasteiger partial charge on any atom is -0.0925 e. The van der Waals surface area contributed by atoms with E-state index >= 15 is 0 Å². The van der Waals surface area contributed by atoms with Crippen LogP contribution in [0.3, 0.4) is 0 Å². The molecule has 0 aromatic heterocycles. The molecule has 1 aliphatic carbocycles. The molecule has 0 amide bonds.